The van der Waals surface area contributed by atoms with Crippen LogP contribution in [0.15, 0.2) is 0 Å². The summed E-state index contributed by atoms with van der Waals surface area (Å²) >= 11 is 4.03. The van der Waals surface area contributed by atoms with E-state index in [4.69, 9.17) is 5.73 Å². The molecule has 1 aliphatic rings. The van der Waals surface area contributed by atoms with Gasteiger partial charge < -0.3 is 10.6 Å². The summed E-state index contributed by atoms with van der Waals surface area (Å²) in [6, 6.07) is -0.380. The van der Waals surface area contributed by atoms with E-state index in [2.05, 4.69) is 12.6 Å². The van der Waals surface area contributed by atoms with E-state index in [1.54, 1.807) is 6.92 Å². The van der Waals surface area contributed by atoms with Crippen LogP contribution in [0.4, 0.5) is 0 Å². The molecule has 1 fully saturated rings. The summed E-state index contributed by atoms with van der Waals surface area (Å²) in [5.41, 5.74) is 5.12. The lowest BCUT2D eigenvalue weighted by molar-refractivity contribution is -0.148. The second-order valence-corrected chi connectivity index (χ2v) is 3.69. The zero-order chi connectivity index (χ0) is 10.0. The Labute approximate surface area is 82.9 Å². The fourth-order valence-corrected chi connectivity index (χ4v) is 1.46. The maximum atomic E-state index is 11.5. The smallest absolute Gasteiger partial charge is 0.240 e. The van der Waals surface area contributed by atoms with Gasteiger partial charge in [-0.2, -0.15) is 12.6 Å². The van der Waals surface area contributed by atoms with E-state index < -0.39 is 5.91 Å². The maximum Gasteiger partial charge on any atom is 0.240 e. The molecule has 0 aromatic carbocycles. The number of thiol groups is 1. The molecular formula is C8H14N2O2S. The number of primary amides is 1. The quantitative estimate of drug-likeness (QED) is 0.614. The van der Waals surface area contributed by atoms with Crippen molar-refractivity contribution in [3.8, 4) is 0 Å². The Morgan fingerprint density at radius 3 is 2.62 bits per heavy atom. The van der Waals surface area contributed by atoms with Gasteiger partial charge in [0.25, 0.3) is 0 Å². The topological polar surface area (TPSA) is 63.4 Å². The van der Waals surface area contributed by atoms with Crippen LogP contribution in [0.25, 0.3) is 0 Å². The van der Waals surface area contributed by atoms with Crippen molar-refractivity contribution < 1.29 is 9.59 Å². The molecule has 0 aromatic rings. The molecule has 2 unspecified atom stereocenters. The zero-order valence-corrected chi connectivity index (χ0v) is 8.46. The van der Waals surface area contributed by atoms with Crippen LogP contribution < -0.4 is 5.73 Å². The van der Waals surface area contributed by atoms with Gasteiger partial charge in [-0.15, -0.1) is 0 Å². The summed E-state index contributed by atoms with van der Waals surface area (Å²) in [6.45, 7) is 2.44. The van der Waals surface area contributed by atoms with Gasteiger partial charge in [0, 0.05) is 18.2 Å². The number of carbonyl (C=O) groups excluding carboxylic acids is 2. The largest absolute Gasteiger partial charge is 0.368 e. The van der Waals surface area contributed by atoms with Crippen molar-refractivity contribution >= 4 is 24.4 Å². The van der Waals surface area contributed by atoms with Crippen LogP contribution >= 0.6 is 12.6 Å². The fourth-order valence-electron chi connectivity index (χ4n) is 1.31. The Kier molecular flexibility index (Phi) is 3.19. The SMILES string of the molecule is CC(CS)C(=O)N1CCC1C(N)=O. The summed E-state index contributed by atoms with van der Waals surface area (Å²) in [4.78, 5) is 23.9. The minimum atomic E-state index is -0.411. The van der Waals surface area contributed by atoms with Crippen molar-refractivity contribution in [3.05, 3.63) is 0 Å². The number of amides is 2. The first-order valence-corrected chi connectivity index (χ1v) is 4.91. The minimum absolute atomic E-state index is 0.0231. The van der Waals surface area contributed by atoms with E-state index in [-0.39, 0.29) is 17.9 Å². The third-order valence-electron chi connectivity index (χ3n) is 2.33. The molecule has 1 aliphatic heterocycles. The lowest BCUT2D eigenvalue weighted by atomic mass is 10.00. The van der Waals surface area contributed by atoms with Crippen molar-refractivity contribution in [2.24, 2.45) is 11.7 Å². The number of rotatable bonds is 3. The molecule has 1 heterocycles. The van der Waals surface area contributed by atoms with E-state index >= 15 is 0 Å². The van der Waals surface area contributed by atoms with Crippen LogP contribution in [0.3, 0.4) is 0 Å². The molecule has 13 heavy (non-hydrogen) atoms. The molecule has 4 nitrogen and oxygen atoms in total. The predicted octanol–water partition coefficient (Wildman–Crippen LogP) is -0.362. The summed E-state index contributed by atoms with van der Waals surface area (Å²) in [7, 11) is 0. The van der Waals surface area contributed by atoms with E-state index in [1.807, 2.05) is 0 Å². The Morgan fingerprint density at radius 2 is 2.31 bits per heavy atom. The van der Waals surface area contributed by atoms with Crippen LogP contribution in [0.1, 0.15) is 13.3 Å². The van der Waals surface area contributed by atoms with Gasteiger partial charge in [-0.3, -0.25) is 9.59 Å². The molecule has 0 saturated carbocycles. The Hall–Kier alpha value is -0.710. The summed E-state index contributed by atoms with van der Waals surface area (Å²) in [6.07, 6.45) is 0.695. The molecule has 2 amide bonds. The van der Waals surface area contributed by atoms with Crippen molar-refractivity contribution in [2.45, 2.75) is 19.4 Å². The average Bonchev–Trinajstić information content (AvgIpc) is 1.99. The van der Waals surface area contributed by atoms with E-state index in [9.17, 15) is 9.59 Å². The monoisotopic (exact) mass is 202 g/mol. The first-order valence-electron chi connectivity index (χ1n) is 4.28. The van der Waals surface area contributed by atoms with Crippen LogP contribution in [0.5, 0.6) is 0 Å². The summed E-state index contributed by atoms with van der Waals surface area (Å²) < 4.78 is 0. The molecule has 2 atom stereocenters. The second kappa shape index (κ2) is 4.00. The second-order valence-electron chi connectivity index (χ2n) is 3.32. The van der Waals surface area contributed by atoms with Gasteiger partial charge in [0.2, 0.25) is 11.8 Å². The van der Waals surface area contributed by atoms with E-state index in [0.29, 0.717) is 18.7 Å². The lowest BCUT2D eigenvalue weighted by Crippen LogP contribution is -2.58. The minimum Gasteiger partial charge on any atom is -0.368 e. The first-order chi connectivity index (χ1) is 6.07. The van der Waals surface area contributed by atoms with Gasteiger partial charge in [-0.05, 0) is 6.42 Å². The van der Waals surface area contributed by atoms with Crippen molar-refractivity contribution in [1.82, 2.24) is 4.90 Å². The predicted molar refractivity (Wildman–Crippen MR) is 52.3 cm³/mol. The van der Waals surface area contributed by atoms with Crippen LogP contribution in [-0.2, 0) is 9.59 Å². The highest BCUT2D eigenvalue weighted by Crippen LogP contribution is 2.20. The Balaban J connectivity index is 2.53. The number of nitrogens with zero attached hydrogens (tertiary/aromatic N) is 1. The summed E-state index contributed by atoms with van der Waals surface area (Å²) in [5, 5.41) is 0. The highest BCUT2D eigenvalue weighted by atomic mass is 32.1. The van der Waals surface area contributed by atoms with E-state index in [0.717, 1.165) is 0 Å². The van der Waals surface area contributed by atoms with Crippen molar-refractivity contribution in [1.29, 1.82) is 0 Å². The Bertz CT molecular complexity index is 232. The third-order valence-corrected chi connectivity index (χ3v) is 2.87. The molecule has 0 aromatic heterocycles. The highest BCUT2D eigenvalue weighted by molar-refractivity contribution is 7.80. The number of nitrogens with two attached hydrogens (primary N) is 1. The molecule has 2 N–H and O–H groups in total. The van der Waals surface area contributed by atoms with Crippen molar-refractivity contribution in [2.75, 3.05) is 12.3 Å². The molecular weight excluding hydrogens is 188 g/mol. The molecule has 1 rings (SSSR count). The lowest BCUT2D eigenvalue weighted by Gasteiger charge is -2.40. The summed E-state index contributed by atoms with van der Waals surface area (Å²) in [5.74, 6) is -0.0672. The highest BCUT2D eigenvalue weighted by Gasteiger charge is 2.37. The van der Waals surface area contributed by atoms with Crippen molar-refractivity contribution in [3.63, 3.8) is 0 Å². The van der Waals surface area contributed by atoms with Crippen LogP contribution in [0, 0.1) is 5.92 Å². The number of carbonyl (C=O) groups is 2. The van der Waals surface area contributed by atoms with E-state index in [1.165, 1.54) is 4.90 Å². The molecule has 5 heteroatoms. The molecule has 0 spiro atoms. The number of likely N-dealkylation sites (tertiary alicyclic amines) is 1. The molecule has 0 aliphatic carbocycles. The first kappa shape index (κ1) is 10.4. The third kappa shape index (κ3) is 1.96. The number of hydrogen-bond donors (Lipinski definition) is 2. The van der Waals surface area contributed by atoms with Crippen LogP contribution in [-0.4, -0.2) is 35.1 Å². The Morgan fingerprint density at radius 1 is 1.69 bits per heavy atom. The zero-order valence-electron chi connectivity index (χ0n) is 7.56. The van der Waals surface area contributed by atoms with Gasteiger partial charge in [-0.1, -0.05) is 6.92 Å². The standard InChI is InChI=1S/C8H14N2O2S/c1-5(4-13)8(12)10-3-2-6(10)7(9)11/h5-6,13H,2-4H2,1H3,(H2,9,11). The fraction of sp³-hybridized carbons (Fsp3) is 0.750. The molecule has 74 valence electrons. The van der Waals surface area contributed by atoms with Gasteiger partial charge in [-0.25, -0.2) is 0 Å². The molecule has 1 saturated heterocycles. The van der Waals surface area contributed by atoms with Gasteiger partial charge in [0.05, 0.1) is 0 Å². The number of hydrogen-bond acceptors (Lipinski definition) is 3. The average molecular weight is 202 g/mol. The van der Waals surface area contributed by atoms with Gasteiger partial charge >= 0.3 is 0 Å². The van der Waals surface area contributed by atoms with Gasteiger partial charge in [0.1, 0.15) is 6.04 Å². The molecule has 0 radical (unpaired) electrons. The molecule has 0 bridgehead atoms. The maximum absolute atomic E-state index is 11.5. The normalized spacial score (nSPS) is 23.5. The van der Waals surface area contributed by atoms with Gasteiger partial charge in [0.15, 0.2) is 0 Å². The van der Waals surface area contributed by atoms with Crippen LogP contribution in [0.2, 0.25) is 0 Å².